The van der Waals surface area contributed by atoms with Crippen LogP contribution >= 0.6 is 11.8 Å². The van der Waals surface area contributed by atoms with E-state index in [0.29, 0.717) is 5.56 Å². The van der Waals surface area contributed by atoms with Crippen molar-refractivity contribution in [1.29, 1.82) is 5.26 Å². The number of hydrogen-bond donors (Lipinski definition) is 1. The number of aromatic nitrogens is 2. The van der Waals surface area contributed by atoms with Crippen LogP contribution in [0.1, 0.15) is 31.9 Å². The summed E-state index contributed by atoms with van der Waals surface area (Å²) in [4.78, 5) is 8.98. The third-order valence-corrected chi connectivity index (χ3v) is 3.78. The van der Waals surface area contributed by atoms with Crippen LogP contribution in [0.2, 0.25) is 0 Å². The molecule has 2 aromatic rings. The zero-order valence-electron chi connectivity index (χ0n) is 12.4. The van der Waals surface area contributed by atoms with E-state index < -0.39 is 0 Å². The number of nitriles is 1. The summed E-state index contributed by atoms with van der Waals surface area (Å²) in [5.41, 5.74) is 1.83. The quantitative estimate of drug-likeness (QED) is 0.877. The Hall–Kier alpha value is -1.90. The number of nitrogens with one attached hydrogen (secondary N) is 1. The largest absolute Gasteiger partial charge is 0.308 e. The molecule has 0 radical (unpaired) electrons. The molecule has 0 saturated carbocycles. The Bertz CT molecular complexity index is 642. The van der Waals surface area contributed by atoms with Crippen LogP contribution in [0.15, 0.2) is 46.7 Å². The van der Waals surface area contributed by atoms with Gasteiger partial charge in [0.05, 0.1) is 5.56 Å². The lowest BCUT2D eigenvalue weighted by molar-refractivity contribution is 0.424. The molecule has 21 heavy (non-hydrogen) atoms. The summed E-state index contributed by atoms with van der Waals surface area (Å²) < 4.78 is 0. The predicted molar refractivity (Wildman–Crippen MR) is 83.9 cm³/mol. The Kier molecular flexibility index (Phi) is 4.94. The van der Waals surface area contributed by atoms with Gasteiger partial charge in [-0.25, -0.2) is 9.97 Å². The van der Waals surface area contributed by atoms with E-state index in [1.54, 1.807) is 6.20 Å². The molecule has 0 atom stereocenters. The van der Waals surface area contributed by atoms with Crippen LogP contribution in [0.3, 0.4) is 0 Å². The van der Waals surface area contributed by atoms with Crippen LogP contribution in [-0.2, 0) is 6.54 Å². The fraction of sp³-hybridized carbons (Fsp3) is 0.312. The Labute approximate surface area is 129 Å². The van der Waals surface area contributed by atoms with Gasteiger partial charge in [0.15, 0.2) is 0 Å². The van der Waals surface area contributed by atoms with Crippen LogP contribution in [-0.4, -0.2) is 15.5 Å². The topological polar surface area (TPSA) is 61.6 Å². The van der Waals surface area contributed by atoms with E-state index in [0.717, 1.165) is 22.0 Å². The third kappa shape index (κ3) is 4.85. The zero-order chi connectivity index (χ0) is 15.3. The molecule has 4 nitrogen and oxygen atoms in total. The van der Waals surface area contributed by atoms with Crippen LogP contribution in [0.4, 0.5) is 0 Å². The Morgan fingerprint density at radius 3 is 2.71 bits per heavy atom. The summed E-state index contributed by atoms with van der Waals surface area (Å²) in [6.07, 6.45) is 3.21. The van der Waals surface area contributed by atoms with E-state index in [1.807, 2.05) is 24.3 Å². The molecule has 0 unspecified atom stereocenters. The van der Waals surface area contributed by atoms with Crippen molar-refractivity contribution in [3.05, 3.63) is 47.9 Å². The van der Waals surface area contributed by atoms with Crippen LogP contribution in [0.5, 0.6) is 0 Å². The highest BCUT2D eigenvalue weighted by molar-refractivity contribution is 7.99. The standard InChI is InChI=1S/C16H18N4S/c1-16(2,3)20-10-12-4-5-14(13(8-12)9-17)21-15-6-7-18-11-19-15/h4-8,11,20H,10H2,1-3H3. The first kappa shape index (κ1) is 15.5. The van der Waals surface area contributed by atoms with E-state index in [-0.39, 0.29) is 5.54 Å². The average molecular weight is 298 g/mol. The highest BCUT2D eigenvalue weighted by atomic mass is 32.2. The van der Waals surface area contributed by atoms with Crippen molar-refractivity contribution < 1.29 is 0 Å². The minimum Gasteiger partial charge on any atom is -0.308 e. The molecule has 1 aromatic carbocycles. The van der Waals surface area contributed by atoms with Gasteiger partial charge in [0, 0.05) is 23.2 Å². The summed E-state index contributed by atoms with van der Waals surface area (Å²) in [5.74, 6) is 0. The van der Waals surface area contributed by atoms with Crippen molar-refractivity contribution in [2.45, 2.75) is 42.8 Å². The van der Waals surface area contributed by atoms with Gasteiger partial charge < -0.3 is 5.32 Å². The zero-order valence-corrected chi connectivity index (χ0v) is 13.2. The van der Waals surface area contributed by atoms with E-state index in [1.165, 1.54) is 18.1 Å². The molecular weight excluding hydrogens is 280 g/mol. The molecule has 5 heteroatoms. The Morgan fingerprint density at radius 2 is 2.10 bits per heavy atom. The molecule has 0 fully saturated rings. The monoisotopic (exact) mass is 298 g/mol. The van der Waals surface area contributed by atoms with E-state index >= 15 is 0 Å². The van der Waals surface area contributed by atoms with Gasteiger partial charge >= 0.3 is 0 Å². The number of benzene rings is 1. The maximum atomic E-state index is 9.33. The smallest absolute Gasteiger partial charge is 0.116 e. The molecule has 0 aliphatic carbocycles. The average Bonchev–Trinajstić information content (AvgIpc) is 2.46. The normalized spacial score (nSPS) is 11.1. The van der Waals surface area contributed by atoms with Crippen molar-refractivity contribution in [2.75, 3.05) is 0 Å². The molecule has 1 aromatic heterocycles. The van der Waals surface area contributed by atoms with Crippen LogP contribution < -0.4 is 5.32 Å². The summed E-state index contributed by atoms with van der Waals surface area (Å²) in [6.45, 7) is 7.11. The lowest BCUT2D eigenvalue weighted by Gasteiger charge is -2.20. The minimum atomic E-state index is 0.0567. The van der Waals surface area contributed by atoms with Crippen molar-refractivity contribution in [2.24, 2.45) is 0 Å². The first-order valence-corrected chi connectivity index (χ1v) is 7.51. The fourth-order valence-corrected chi connectivity index (χ4v) is 2.49. The van der Waals surface area contributed by atoms with Gasteiger partial charge in [-0.15, -0.1) is 0 Å². The van der Waals surface area contributed by atoms with Gasteiger partial charge in [-0.1, -0.05) is 17.8 Å². The van der Waals surface area contributed by atoms with Crippen molar-refractivity contribution in [3.63, 3.8) is 0 Å². The minimum absolute atomic E-state index is 0.0567. The van der Waals surface area contributed by atoms with E-state index in [2.05, 4.69) is 42.1 Å². The number of nitrogens with zero attached hydrogens (tertiary/aromatic N) is 3. The SMILES string of the molecule is CC(C)(C)NCc1ccc(Sc2ccncn2)c(C#N)c1. The van der Waals surface area contributed by atoms with Gasteiger partial charge in [0.1, 0.15) is 17.4 Å². The van der Waals surface area contributed by atoms with Gasteiger partial charge in [0.2, 0.25) is 0 Å². The third-order valence-electron chi connectivity index (χ3n) is 2.76. The number of rotatable bonds is 4. The maximum absolute atomic E-state index is 9.33. The van der Waals surface area contributed by atoms with Crippen molar-refractivity contribution in [3.8, 4) is 6.07 Å². The lowest BCUT2D eigenvalue weighted by Crippen LogP contribution is -2.35. The van der Waals surface area contributed by atoms with Crippen LogP contribution in [0.25, 0.3) is 0 Å². The Morgan fingerprint density at radius 1 is 1.29 bits per heavy atom. The first-order chi connectivity index (χ1) is 9.98. The fourth-order valence-electron chi connectivity index (χ4n) is 1.68. The summed E-state index contributed by atoms with van der Waals surface area (Å²) in [6, 6.07) is 10.1. The second kappa shape index (κ2) is 6.70. The molecular formula is C16H18N4S. The van der Waals surface area contributed by atoms with Gasteiger partial charge in [-0.2, -0.15) is 5.26 Å². The van der Waals surface area contributed by atoms with E-state index in [9.17, 15) is 5.26 Å². The van der Waals surface area contributed by atoms with E-state index in [4.69, 9.17) is 0 Å². The molecule has 1 N–H and O–H groups in total. The van der Waals surface area contributed by atoms with Crippen molar-refractivity contribution in [1.82, 2.24) is 15.3 Å². The molecule has 0 amide bonds. The highest BCUT2D eigenvalue weighted by Gasteiger charge is 2.10. The van der Waals surface area contributed by atoms with Gasteiger partial charge in [-0.05, 0) is 44.5 Å². The van der Waals surface area contributed by atoms with Gasteiger partial charge in [0.25, 0.3) is 0 Å². The Balaban J connectivity index is 2.15. The molecule has 108 valence electrons. The summed E-state index contributed by atoms with van der Waals surface area (Å²) in [7, 11) is 0. The molecule has 0 bridgehead atoms. The predicted octanol–water partition coefficient (Wildman–Crippen LogP) is 3.39. The summed E-state index contributed by atoms with van der Waals surface area (Å²) >= 11 is 1.48. The lowest BCUT2D eigenvalue weighted by atomic mass is 10.1. The number of hydrogen-bond acceptors (Lipinski definition) is 5. The molecule has 0 spiro atoms. The second-order valence-corrected chi connectivity index (χ2v) is 6.76. The van der Waals surface area contributed by atoms with Gasteiger partial charge in [-0.3, -0.25) is 0 Å². The molecule has 2 rings (SSSR count). The highest BCUT2D eigenvalue weighted by Crippen LogP contribution is 2.29. The first-order valence-electron chi connectivity index (χ1n) is 6.70. The van der Waals surface area contributed by atoms with Crippen molar-refractivity contribution >= 4 is 11.8 Å². The maximum Gasteiger partial charge on any atom is 0.116 e. The second-order valence-electron chi connectivity index (χ2n) is 5.70. The molecule has 0 saturated heterocycles. The molecule has 1 heterocycles. The van der Waals surface area contributed by atoms with Crippen LogP contribution in [0, 0.1) is 11.3 Å². The molecule has 0 aliphatic heterocycles. The summed E-state index contributed by atoms with van der Waals surface area (Å²) in [5, 5.41) is 13.6. The molecule has 0 aliphatic rings.